The molecule has 3 aromatic rings. The van der Waals surface area contributed by atoms with Gasteiger partial charge in [0, 0.05) is 18.8 Å². The van der Waals surface area contributed by atoms with Gasteiger partial charge >= 0.3 is 6.03 Å². The lowest BCUT2D eigenvalue weighted by molar-refractivity contribution is 0.236. The van der Waals surface area contributed by atoms with Gasteiger partial charge in [-0.25, -0.2) is 4.79 Å². The number of amides is 2. The summed E-state index contributed by atoms with van der Waals surface area (Å²) in [5.41, 5.74) is 3.03. The zero-order valence-electron chi connectivity index (χ0n) is 17.3. The fraction of sp³-hybridized carbons (Fsp3) is 0.250. The van der Waals surface area contributed by atoms with E-state index in [4.69, 9.17) is 4.74 Å². The van der Waals surface area contributed by atoms with Crippen molar-refractivity contribution < 1.29 is 9.53 Å². The molecule has 3 rings (SSSR count). The maximum Gasteiger partial charge on any atom is 0.315 e. The highest BCUT2D eigenvalue weighted by Crippen LogP contribution is 2.20. The zero-order chi connectivity index (χ0) is 21.3. The van der Waals surface area contributed by atoms with Crippen LogP contribution in [0.1, 0.15) is 36.1 Å². The molecule has 0 saturated carbocycles. The van der Waals surface area contributed by atoms with Gasteiger partial charge in [0.15, 0.2) is 0 Å². The van der Waals surface area contributed by atoms with E-state index in [1.165, 1.54) is 0 Å². The topological polar surface area (TPSA) is 72.4 Å². The van der Waals surface area contributed by atoms with Crippen molar-refractivity contribution in [3.63, 3.8) is 0 Å². The van der Waals surface area contributed by atoms with E-state index in [2.05, 4.69) is 10.6 Å². The number of aromatic nitrogens is 1. The van der Waals surface area contributed by atoms with Gasteiger partial charge in [-0.15, -0.1) is 0 Å². The third-order valence-electron chi connectivity index (χ3n) is 4.96. The molecule has 2 amide bonds. The van der Waals surface area contributed by atoms with Crippen LogP contribution < -0.4 is 20.9 Å². The highest BCUT2D eigenvalue weighted by molar-refractivity contribution is 5.74. The van der Waals surface area contributed by atoms with Crippen molar-refractivity contribution in [2.24, 2.45) is 0 Å². The van der Waals surface area contributed by atoms with Crippen LogP contribution in [0.25, 0.3) is 0 Å². The normalized spacial score (nSPS) is 11.5. The number of rotatable bonds is 8. The molecule has 0 bridgehead atoms. The Morgan fingerprint density at radius 1 is 1.00 bits per heavy atom. The smallest absolute Gasteiger partial charge is 0.315 e. The van der Waals surface area contributed by atoms with Crippen molar-refractivity contribution in [2.45, 2.75) is 32.5 Å². The van der Waals surface area contributed by atoms with Crippen LogP contribution in [0.3, 0.4) is 0 Å². The second kappa shape index (κ2) is 10.3. The zero-order valence-corrected chi connectivity index (χ0v) is 17.3. The van der Waals surface area contributed by atoms with Crippen molar-refractivity contribution in [3.05, 3.63) is 100.0 Å². The van der Waals surface area contributed by atoms with Gasteiger partial charge in [-0.2, -0.15) is 0 Å². The summed E-state index contributed by atoms with van der Waals surface area (Å²) in [6, 6.07) is 20.4. The average molecular weight is 405 g/mol. The molecular weight excluding hydrogens is 378 g/mol. The maximum absolute atomic E-state index is 12.3. The van der Waals surface area contributed by atoms with Crippen molar-refractivity contribution in [3.8, 4) is 5.75 Å². The molecule has 0 radical (unpaired) electrons. The molecular formula is C24H27N3O3. The fourth-order valence-electron chi connectivity index (χ4n) is 3.20. The van der Waals surface area contributed by atoms with E-state index in [1.54, 1.807) is 30.0 Å². The van der Waals surface area contributed by atoms with Gasteiger partial charge in [0.05, 0.1) is 19.7 Å². The van der Waals surface area contributed by atoms with Gasteiger partial charge in [0.2, 0.25) is 0 Å². The minimum absolute atomic E-state index is 0.0257. The highest BCUT2D eigenvalue weighted by atomic mass is 16.5. The van der Waals surface area contributed by atoms with E-state index < -0.39 is 0 Å². The summed E-state index contributed by atoms with van der Waals surface area (Å²) in [4.78, 5) is 24.2. The van der Waals surface area contributed by atoms with E-state index in [9.17, 15) is 9.59 Å². The number of hydrogen-bond donors (Lipinski definition) is 2. The van der Waals surface area contributed by atoms with Crippen LogP contribution >= 0.6 is 0 Å². The number of pyridine rings is 1. The minimum atomic E-state index is -0.211. The SMILES string of the molecule is CCC(NC(=O)NCc1ccc(Cn2ccccc2=O)cc1)c1ccc(OC)cc1. The Morgan fingerprint density at radius 3 is 2.33 bits per heavy atom. The number of benzene rings is 2. The predicted molar refractivity (Wildman–Crippen MR) is 118 cm³/mol. The number of carbonyl (C=O) groups is 1. The van der Waals surface area contributed by atoms with Crippen LogP contribution in [0, 0.1) is 0 Å². The number of nitrogens with zero attached hydrogens (tertiary/aromatic N) is 1. The third-order valence-corrected chi connectivity index (χ3v) is 4.96. The van der Waals surface area contributed by atoms with Crippen molar-refractivity contribution in [1.29, 1.82) is 0 Å². The molecule has 2 aromatic carbocycles. The molecule has 0 aliphatic carbocycles. The number of methoxy groups -OCH3 is 1. The van der Waals surface area contributed by atoms with Gasteiger partial charge in [0.25, 0.3) is 5.56 Å². The summed E-state index contributed by atoms with van der Waals surface area (Å²) in [6.45, 7) is 2.98. The van der Waals surface area contributed by atoms with Gasteiger partial charge < -0.3 is 19.9 Å². The van der Waals surface area contributed by atoms with Crippen molar-refractivity contribution in [2.75, 3.05) is 7.11 Å². The summed E-state index contributed by atoms with van der Waals surface area (Å²) in [5, 5.41) is 5.92. The molecule has 0 spiro atoms. The van der Waals surface area contributed by atoms with Crippen molar-refractivity contribution >= 4 is 6.03 Å². The van der Waals surface area contributed by atoms with Crippen LogP contribution in [-0.4, -0.2) is 17.7 Å². The van der Waals surface area contributed by atoms with Crippen LogP contribution in [0.2, 0.25) is 0 Å². The molecule has 6 heteroatoms. The second-order valence-corrected chi connectivity index (χ2v) is 7.04. The first kappa shape index (κ1) is 21.2. The first-order chi connectivity index (χ1) is 14.6. The van der Waals surface area contributed by atoms with E-state index >= 15 is 0 Å². The molecule has 0 aliphatic rings. The Bertz CT molecular complexity index is 1010. The van der Waals surface area contributed by atoms with E-state index in [0.717, 1.165) is 28.9 Å². The molecule has 1 aromatic heterocycles. The number of hydrogen-bond acceptors (Lipinski definition) is 3. The van der Waals surface area contributed by atoms with Gasteiger partial charge in [0.1, 0.15) is 5.75 Å². The van der Waals surface area contributed by atoms with Gasteiger partial charge in [-0.05, 0) is 41.3 Å². The molecule has 6 nitrogen and oxygen atoms in total. The first-order valence-corrected chi connectivity index (χ1v) is 10.0. The predicted octanol–water partition coefficient (Wildman–Crippen LogP) is 3.86. The first-order valence-electron chi connectivity index (χ1n) is 10.0. The lowest BCUT2D eigenvalue weighted by atomic mass is 10.0. The van der Waals surface area contributed by atoms with Crippen molar-refractivity contribution in [1.82, 2.24) is 15.2 Å². The monoisotopic (exact) mass is 405 g/mol. The number of ether oxygens (including phenoxy) is 1. The highest BCUT2D eigenvalue weighted by Gasteiger charge is 2.12. The summed E-state index contributed by atoms with van der Waals surface area (Å²) < 4.78 is 6.84. The summed E-state index contributed by atoms with van der Waals surface area (Å²) in [7, 11) is 1.63. The molecule has 2 N–H and O–H groups in total. The Hall–Kier alpha value is -3.54. The maximum atomic E-state index is 12.3. The molecule has 0 aliphatic heterocycles. The number of urea groups is 1. The van der Waals surface area contributed by atoms with Crippen LogP contribution in [-0.2, 0) is 13.1 Å². The lowest BCUT2D eigenvalue weighted by Crippen LogP contribution is -2.37. The summed E-state index contributed by atoms with van der Waals surface area (Å²) in [6.07, 6.45) is 2.56. The second-order valence-electron chi connectivity index (χ2n) is 7.04. The van der Waals surface area contributed by atoms with Gasteiger partial charge in [-0.1, -0.05) is 49.4 Å². The minimum Gasteiger partial charge on any atom is -0.497 e. The number of nitrogens with one attached hydrogen (secondary N) is 2. The average Bonchev–Trinajstić information content (AvgIpc) is 2.78. The van der Waals surface area contributed by atoms with Gasteiger partial charge in [-0.3, -0.25) is 4.79 Å². The molecule has 1 unspecified atom stereocenters. The third kappa shape index (κ3) is 5.73. The standard InChI is InChI=1S/C24H27N3O3/c1-3-22(20-11-13-21(30-2)14-12-20)26-24(29)25-16-18-7-9-19(10-8-18)17-27-15-5-4-6-23(27)28/h4-15,22H,3,16-17H2,1-2H3,(H2,25,26,29). The van der Waals surface area contributed by atoms with E-state index in [-0.39, 0.29) is 17.6 Å². The quantitative estimate of drug-likeness (QED) is 0.598. The van der Waals surface area contributed by atoms with Crippen LogP contribution in [0.4, 0.5) is 4.79 Å². The Morgan fingerprint density at radius 2 is 1.70 bits per heavy atom. The van der Waals surface area contributed by atoms with Crippen LogP contribution in [0.15, 0.2) is 77.7 Å². The largest absolute Gasteiger partial charge is 0.497 e. The molecule has 30 heavy (non-hydrogen) atoms. The Labute approximate surface area is 176 Å². The number of carbonyl (C=O) groups excluding carboxylic acids is 1. The fourth-order valence-corrected chi connectivity index (χ4v) is 3.20. The Balaban J connectivity index is 1.52. The molecule has 0 saturated heterocycles. The molecule has 1 heterocycles. The van der Waals surface area contributed by atoms with Crippen LogP contribution in [0.5, 0.6) is 5.75 Å². The van der Waals surface area contributed by atoms with E-state index in [1.807, 2.05) is 61.5 Å². The lowest BCUT2D eigenvalue weighted by Gasteiger charge is -2.18. The van der Waals surface area contributed by atoms with E-state index in [0.29, 0.717) is 13.1 Å². The molecule has 0 fully saturated rings. The Kier molecular flexibility index (Phi) is 7.27. The summed E-state index contributed by atoms with van der Waals surface area (Å²) >= 11 is 0. The molecule has 156 valence electrons. The summed E-state index contributed by atoms with van der Waals surface area (Å²) in [5.74, 6) is 0.790. The molecule has 1 atom stereocenters.